The lowest BCUT2D eigenvalue weighted by molar-refractivity contribution is 0.385. The molecule has 13 heavy (non-hydrogen) atoms. The third kappa shape index (κ3) is 1.81. The summed E-state index contributed by atoms with van der Waals surface area (Å²) in [6.45, 7) is -0.897. The predicted octanol–water partition coefficient (Wildman–Crippen LogP) is 0.773. The van der Waals surface area contributed by atoms with Gasteiger partial charge in [-0.05, 0) is 0 Å². The molecular formula is C8H10FNO3. The molecule has 1 aromatic carbocycles. The van der Waals surface area contributed by atoms with Gasteiger partial charge in [0.05, 0.1) is 11.6 Å². The molecule has 1 rings (SSSR count). The molecule has 5 heteroatoms. The average Bonchev–Trinajstić information content (AvgIpc) is 2.02. The van der Waals surface area contributed by atoms with Crippen molar-refractivity contribution in [2.24, 2.45) is 5.73 Å². The van der Waals surface area contributed by atoms with Crippen molar-refractivity contribution in [3.63, 3.8) is 0 Å². The lowest BCUT2D eigenvalue weighted by Crippen LogP contribution is -2.12. The number of hydrogen-bond acceptors (Lipinski definition) is 4. The Morgan fingerprint density at radius 3 is 2.08 bits per heavy atom. The molecule has 0 aromatic heterocycles. The zero-order chi connectivity index (χ0) is 10.0. The van der Waals surface area contributed by atoms with Gasteiger partial charge in [0.2, 0.25) is 0 Å². The second-order valence-corrected chi connectivity index (χ2v) is 2.66. The van der Waals surface area contributed by atoms with Crippen LogP contribution >= 0.6 is 0 Å². The van der Waals surface area contributed by atoms with E-state index in [-0.39, 0.29) is 11.3 Å². The SMILES string of the molecule is NC(CF)c1c(O)cc(O)cc1O. The molecule has 0 aliphatic rings. The Balaban J connectivity index is 3.20. The van der Waals surface area contributed by atoms with Crippen molar-refractivity contribution in [3.8, 4) is 17.2 Å². The number of hydrogen-bond donors (Lipinski definition) is 4. The highest BCUT2D eigenvalue weighted by Crippen LogP contribution is 2.35. The number of halogens is 1. The van der Waals surface area contributed by atoms with Crippen LogP contribution in [0.3, 0.4) is 0 Å². The Morgan fingerprint density at radius 2 is 1.69 bits per heavy atom. The minimum absolute atomic E-state index is 0.0969. The fourth-order valence-electron chi connectivity index (χ4n) is 1.07. The summed E-state index contributed by atoms with van der Waals surface area (Å²) in [5.41, 5.74) is 5.17. The largest absolute Gasteiger partial charge is 0.508 e. The third-order valence-corrected chi connectivity index (χ3v) is 1.66. The number of rotatable bonds is 2. The fourth-order valence-corrected chi connectivity index (χ4v) is 1.07. The molecule has 0 radical (unpaired) electrons. The smallest absolute Gasteiger partial charge is 0.127 e. The van der Waals surface area contributed by atoms with Gasteiger partial charge in [-0.1, -0.05) is 0 Å². The van der Waals surface area contributed by atoms with Crippen LogP contribution in [0.15, 0.2) is 12.1 Å². The van der Waals surface area contributed by atoms with Crippen molar-refractivity contribution in [3.05, 3.63) is 17.7 Å². The molecule has 5 N–H and O–H groups in total. The van der Waals surface area contributed by atoms with E-state index in [9.17, 15) is 14.6 Å². The first-order chi connectivity index (χ1) is 6.06. The van der Waals surface area contributed by atoms with Gasteiger partial charge in [0.25, 0.3) is 0 Å². The second kappa shape index (κ2) is 3.49. The summed E-state index contributed by atoms with van der Waals surface area (Å²) in [7, 11) is 0. The fraction of sp³-hybridized carbons (Fsp3) is 0.250. The molecule has 0 bridgehead atoms. The Morgan fingerprint density at radius 1 is 1.23 bits per heavy atom. The van der Waals surface area contributed by atoms with E-state index in [4.69, 9.17) is 10.8 Å². The van der Waals surface area contributed by atoms with E-state index in [1.807, 2.05) is 0 Å². The molecule has 0 saturated heterocycles. The van der Waals surface area contributed by atoms with Gasteiger partial charge in [-0.15, -0.1) is 0 Å². The molecule has 72 valence electrons. The molecule has 1 atom stereocenters. The first-order valence-corrected chi connectivity index (χ1v) is 3.62. The van der Waals surface area contributed by atoms with Crippen LogP contribution in [0.4, 0.5) is 4.39 Å². The van der Waals surface area contributed by atoms with E-state index in [1.54, 1.807) is 0 Å². The average molecular weight is 187 g/mol. The summed E-state index contributed by atoms with van der Waals surface area (Å²) in [5.74, 6) is -1.13. The van der Waals surface area contributed by atoms with Crippen LogP contribution in [-0.2, 0) is 0 Å². The molecule has 0 saturated carbocycles. The Kier molecular flexibility index (Phi) is 2.57. The molecule has 0 aliphatic carbocycles. The molecule has 4 nitrogen and oxygen atoms in total. The lowest BCUT2D eigenvalue weighted by Gasteiger charge is -2.11. The van der Waals surface area contributed by atoms with Crippen LogP contribution in [0.2, 0.25) is 0 Å². The summed E-state index contributed by atoms with van der Waals surface area (Å²) in [4.78, 5) is 0. The molecule has 1 unspecified atom stereocenters. The Bertz CT molecular complexity index is 293. The summed E-state index contributed by atoms with van der Waals surface area (Å²) in [6, 6.07) is 0.899. The zero-order valence-corrected chi connectivity index (χ0v) is 6.74. The number of phenolic OH excluding ortho intramolecular Hbond substituents is 3. The van der Waals surface area contributed by atoms with Crippen LogP contribution in [0.5, 0.6) is 17.2 Å². The molecule has 0 amide bonds. The maximum Gasteiger partial charge on any atom is 0.127 e. The maximum absolute atomic E-state index is 12.1. The molecule has 0 fully saturated rings. The summed E-state index contributed by atoms with van der Waals surface area (Å²) in [6.07, 6.45) is 0. The summed E-state index contributed by atoms with van der Waals surface area (Å²) >= 11 is 0. The van der Waals surface area contributed by atoms with Crippen molar-refractivity contribution < 1.29 is 19.7 Å². The Labute approximate surface area is 74.0 Å². The monoisotopic (exact) mass is 187 g/mol. The van der Waals surface area contributed by atoms with Crippen LogP contribution in [0.1, 0.15) is 11.6 Å². The Hall–Kier alpha value is -1.49. The molecule has 1 aromatic rings. The van der Waals surface area contributed by atoms with E-state index in [0.717, 1.165) is 12.1 Å². The molecular weight excluding hydrogens is 177 g/mol. The van der Waals surface area contributed by atoms with Crippen molar-refractivity contribution in [2.45, 2.75) is 6.04 Å². The van der Waals surface area contributed by atoms with Crippen LogP contribution in [0, 0.1) is 0 Å². The normalized spacial score (nSPS) is 12.8. The topological polar surface area (TPSA) is 86.7 Å². The number of alkyl halides is 1. The van der Waals surface area contributed by atoms with Gasteiger partial charge in [0.1, 0.15) is 23.9 Å². The van der Waals surface area contributed by atoms with E-state index < -0.39 is 24.2 Å². The molecule has 0 spiro atoms. The van der Waals surface area contributed by atoms with Crippen molar-refractivity contribution >= 4 is 0 Å². The van der Waals surface area contributed by atoms with Crippen LogP contribution in [-0.4, -0.2) is 22.0 Å². The number of phenols is 3. The van der Waals surface area contributed by atoms with Crippen molar-refractivity contribution in [1.29, 1.82) is 0 Å². The highest BCUT2D eigenvalue weighted by molar-refractivity contribution is 5.50. The van der Waals surface area contributed by atoms with Gasteiger partial charge in [-0.3, -0.25) is 0 Å². The summed E-state index contributed by atoms with van der Waals surface area (Å²) < 4.78 is 12.1. The molecule has 0 heterocycles. The zero-order valence-electron chi connectivity index (χ0n) is 6.74. The van der Waals surface area contributed by atoms with Gasteiger partial charge >= 0.3 is 0 Å². The highest BCUT2D eigenvalue weighted by atomic mass is 19.1. The van der Waals surface area contributed by atoms with Gasteiger partial charge in [0.15, 0.2) is 0 Å². The highest BCUT2D eigenvalue weighted by Gasteiger charge is 2.16. The van der Waals surface area contributed by atoms with E-state index in [0.29, 0.717) is 0 Å². The number of aromatic hydroxyl groups is 3. The number of benzene rings is 1. The first kappa shape index (κ1) is 9.60. The van der Waals surface area contributed by atoms with Gasteiger partial charge in [0, 0.05) is 12.1 Å². The predicted molar refractivity (Wildman–Crippen MR) is 44.3 cm³/mol. The van der Waals surface area contributed by atoms with Crippen LogP contribution in [0.25, 0.3) is 0 Å². The second-order valence-electron chi connectivity index (χ2n) is 2.66. The van der Waals surface area contributed by atoms with Crippen molar-refractivity contribution in [1.82, 2.24) is 0 Å². The standard InChI is InChI=1S/C8H10FNO3/c9-3-5(10)8-6(12)1-4(11)2-7(8)13/h1-2,5,11-13H,3,10H2. The van der Waals surface area contributed by atoms with Crippen LogP contribution < -0.4 is 5.73 Å². The molecule has 0 aliphatic heterocycles. The van der Waals surface area contributed by atoms with E-state index >= 15 is 0 Å². The number of nitrogens with two attached hydrogens (primary N) is 1. The first-order valence-electron chi connectivity index (χ1n) is 3.62. The summed E-state index contributed by atoms with van der Waals surface area (Å²) in [5, 5.41) is 27.3. The lowest BCUT2D eigenvalue weighted by atomic mass is 10.1. The minimum atomic E-state index is -1.08. The van der Waals surface area contributed by atoms with E-state index in [2.05, 4.69) is 0 Å². The maximum atomic E-state index is 12.1. The van der Waals surface area contributed by atoms with Crippen molar-refractivity contribution in [2.75, 3.05) is 6.67 Å². The minimum Gasteiger partial charge on any atom is -0.508 e. The van der Waals surface area contributed by atoms with Gasteiger partial charge in [-0.25, -0.2) is 4.39 Å². The third-order valence-electron chi connectivity index (χ3n) is 1.66. The van der Waals surface area contributed by atoms with Gasteiger partial charge < -0.3 is 21.1 Å². The van der Waals surface area contributed by atoms with Gasteiger partial charge in [-0.2, -0.15) is 0 Å². The quantitative estimate of drug-likeness (QED) is 0.550. The van der Waals surface area contributed by atoms with E-state index in [1.165, 1.54) is 0 Å².